The van der Waals surface area contributed by atoms with E-state index in [1.807, 2.05) is 6.07 Å². The summed E-state index contributed by atoms with van der Waals surface area (Å²) in [5.74, 6) is -0.395. The zero-order chi connectivity index (χ0) is 34.0. The van der Waals surface area contributed by atoms with Crippen molar-refractivity contribution in [2.45, 2.75) is 62.6 Å². The van der Waals surface area contributed by atoms with Gasteiger partial charge in [0.1, 0.15) is 4.84 Å². The molecule has 6 aromatic carbocycles. The lowest BCUT2D eigenvalue weighted by atomic mass is 9.69. The highest BCUT2D eigenvalue weighted by molar-refractivity contribution is 6.44. The number of alkyl halides is 2. The van der Waals surface area contributed by atoms with Gasteiger partial charge in [0, 0.05) is 11.5 Å². The number of hydrogen-bond donors (Lipinski definition) is 0. The summed E-state index contributed by atoms with van der Waals surface area (Å²) in [4.78, 5) is 11.1. The van der Waals surface area contributed by atoms with Gasteiger partial charge in [-0.15, -0.1) is 23.2 Å². The first-order valence-electron chi connectivity index (χ1n) is 16.7. The van der Waals surface area contributed by atoms with E-state index in [1.165, 1.54) is 77.3 Å². The highest BCUT2D eigenvalue weighted by Gasteiger charge is 2.44. The zero-order valence-electron chi connectivity index (χ0n) is 28.1. The van der Waals surface area contributed by atoms with Crippen molar-refractivity contribution in [3.05, 3.63) is 132 Å². The summed E-state index contributed by atoms with van der Waals surface area (Å²) in [5.41, 5.74) is 10.1. The minimum Gasteiger partial charge on any atom is -0.463 e. The van der Waals surface area contributed by atoms with Crippen LogP contribution in [0, 0.1) is 0 Å². The summed E-state index contributed by atoms with van der Waals surface area (Å²) < 4.78 is 5.31. The van der Waals surface area contributed by atoms with Gasteiger partial charge in [-0.3, -0.25) is 0 Å². The molecule has 242 valence electrons. The Labute approximate surface area is 293 Å². The Balaban J connectivity index is 1.39. The summed E-state index contributed by atoms with van der Waals surface area (Å²) in [6, 6.07) is 31.6. The Kier molecular flexibility index (Phi) is 8.17. The van der Waals surface area contributed by atoms with Gasteiger partial charge < -0.3 is 4.74 Å². The predicted molar refractivity (Wildman–Crippen MR) is 205 cm³/mol. The van der Waals surface area contributed by atoms with Gasteiger partial charge in [-0.25, -0.2) is 4.79 Å². The summed E-state index contributed by atoms with van der Waals surface area (Å²) in [6.07, 6.45) is 3.59. The molecule has 48 heavy (non-hydrogen) atoms. The lowest BCUT2D eigenvalue weighted by Crippen LogP contribution is -2.27. The number of rotatable bonds is 9. The lowest BCUT2D eigenvalue weighted by molar-refractivity contribution is -0.137. The molecule has 1 atom stereocenters. The molecule has 0 fully saturated rings. The molecule has 6 aromatic rings. The fraction of sp³-hybridized carbons (Fsp3) is 0.250. The SMILES string of the molecule is C=CC(=O)OCCCCC1(C(=C)C)c2cc(-c3ccc4ccc5cc(C(C)(C)C)cc6ccc3c4c56)ccc2-c2ccc(C(Cl)Cl)cc21. The summed E-state index contributed by atoms with van der Waals surface area (Å²) in [6.45, 7) is 17.4. The van der Waals surface area contributed by atoms with E-state index < -0.39 is 16.2 Å². The van der Waals surface area contributed by atoms with Crippen LogP contribution in [0.15, 0.2) is 110 Å². The molecule has 0 radical (unpaired) electrons. The Morgan fingerprint density at radius 2 is 1.44 bits per heavy atom. The van der Waals surface area contributed by atoms with Crippen LogP contribution < -0.4 is 0 Å². The minimum absolute atomic E-state index is 0.0681. The lowest BCUT2D eigenvalue weighted by Gasteiger charge is -2.34. The monoisotopic (exact) mass is 670 g/mol. The molecule has 7 rings (SSSR count). The Morgan fingerprint density at radius 1 is 0.812 bits per heavy atom. The molecule has 2 nitrogen and oxygen atoms in total. The van der Waals surface area contributed by atoms with Crippen molar-refractivity contribution in [1.82, 2.24) is 0 Å². The molecule has 0 aromatic heterocycles. The molecule has 0 bridgehead atoms. The highest BCUT2D eigenvalue weighted by atomic mass is 35.5. The van der Waals surface area contributed by atoms with Crippen molar-refractivity contribution in [2.75, 3.05) is 6.61 Å². The second-order valence-corrected chi connectivity index (χ2v) is 15.4. The maximum atomic E-state index is 11.7. The number of carbonyl (C=O) groups is 1. The van der Waals surface area contributed by atoms with Crippen molar-refractivity contribution in [3.63, 3.8) is 0 Å². The third kappa shape index (κ3) is 5.21. The molecular formula is C44H40Cl2O2. The van der Waals surface area contributed by atoms with Crippen LogP contribution >= 0.6 is 23.2 Å². The molecule has 0 spiro atoms. The molecule has 0 saturated carbocycles. The Morgan fingerprint density at radius 3 is 2.10 bits per heavy atom. The second-order valence-electron chi connectivity index (χ2n) is 14.3. The number of benzene rings is 6. The molecule has 4 heteroatoms. The second kappa shape index (κ2) is 12.1. The van der Waals surface area contributed by atoms with Crippen molar-refractivity contribution in [3.8, 4) is 22.3 Å². The summed E-state index contributed by atoms with van der Waals surface area (Å²) >= 11 is 12.8. The van der Waals surface area contributed by atoms with Gasteiger partial charge >= 0.3 is 5.97 Å². The van der Waals surface area contributed by atoms with Crippen LogP contribution in [0.5, 0.6) is 0 Å². The average Bonchev–Trinajstić information content (AvgIpc) is 3.35. The van der Waals surface area contributed by atoms with Crippen LogP contribution in [0.1, 0.15) is 74.0 Å². The maximum absolute atomic E-state index is 11.7. The van der Waals surface area contributed by atoms with Gasteiger partial charge in [0.2, 0.25) is 0 Å². The first kappa shape index (κ1) is 32.4. The van der Waals surface area contributed by atoms with E-state index in [1.54, 1.807) is 0 Å². The summed E-state index contributed by atoms with van der Waals surface area (Å²) in [5, 5.41) is 7.71. The normalized spacial score (nSPS) is 15.7. The molecule has 1 aliphatic rings. The van der Waals surface area contributed by atoms with E-state index in [-0.39, 0.29) is 5.41 Å². The average molecular weight is 672 g/mol. The topological polar surface area (TPSA) is 26.3 Å². The number of fused-ring (bicyclic) bond motifs is 3. The first-order chi connectivity index (χ1) is 22.9. The number of unbranched alkanes of at least 4 members (excludes halogenated alkanes) is 1. The maximum Gasteiger partial charge on any atom is 0.330 e. The molecule has 0 saturated heterocycles. The number of halogens is 2. The van der Waals surface area contributed by atoms with Gasteiger partial charge in [0.05, 0.1) is 6.61 Å². The van der Waals surface area contributed by atoms with Crippen LogP contribution in [-0.2, 0) is 20.4 Å². The molecule has 0 heterocycles. The Hall–Kier alpha value is -4.11. The van der Waals surface area contributed by atoms with Gasteiger partial charge in [-0.1, -0.05) is 118 Å². The van der Waals surface area contributed by atoms with Crippen molar-refractivity contribution >= 4 is 61.5 Å². The summed E-state index contributed by atoms with van der Waals surface area (Å²) in [7, 11) is 0. The number of allylic oxidation sites excluding steroid dienone is 1. The third-order valence-corrected chi connectivity index (χ3v) is 10.9. The van der Waals surface area contributed by atoms with E-state index in [4.69, 9.17) is 27.9 Å². The number of carbonyl (C=O) groups excluding carboxylic acids is 1. The molecule has 0 aliphatic heterocycles. The predicted octanol–water partition coefficient (Wildman–Crippen LogP) is 12.8. The first-order valence-corrected chi connectivity index (χ1v) is 17.6. The molecule has 1 unspecified atom stereocenters. The van der Waals surface area contributed by atoms with E-state index in [9.17, 15) is 4.79 Å². The standard InChI is InChI=1S/C44H40Cl2O2/c1-7-39(47)48-21-9-8-20-44(26(2)3)37-24-28(13-17-34(37)35-18-15-31(42(45)46)25-38(35)44)33-16-12-27-10-11-29-22-32(43(4,5)6)23-30-14-19-36(33)41(27)40(29)30/h7,10-19,22-25,42H,1-2,8-9,20-21H2,3-6H3. The molecule has 0 amide bonds. The van der Waals surface area contributed by atoms with E-state index >= 15 is 0 Å². The third-order valence-electron chi connectivity index (χ3n) is 10.4. The van der Waals surface area contributed by atoms with E-state index in [0.29, 0.717) is 6.61 Å². The molecule has 0 N–H and O–H groups in total. The fourth-order valence-corrected chi connectivity index (χ4v) is 8.17. The van der Waals surface area contributed by atoms with E-state index in [0.717, 1.165) is 30.4 Å². The number of hydrogen-bond acceptors (Lipinski definition) is 2. The van der Waals surface area contributed by atoms with Gasteiger partial charge in [-0.2, -0.15) is 0 Å². The van der Waals surface area contributed by atoms with Crippen molar-refractivity contribution < 1.29 is 9.53 Å². The zero-order valence-corrected chi connectivity index (χ0v) is 29.6. The molecular weight excluding hydrogens is 631 g/mol. The van der Waals surface area contributed by atoms with Crippen molar-refractivity contribution in [2.24, 2.45) is 0 Å². The van der Waals surface area contributed by atoms with E-state index in [2.05, 4.69) is 120 Å². The van der Waals surface area contributed by atoms with Crippen LogP contribution in [-0.4, -0.2) is 12.6 Å². The van der Waals surface area contributed by atoms with Crippen LogP contribution in [0.25, 0.3) is 54.6 Å². The Bertz CT molecular complexity index is 2230. The minimum atomic E-state index is -0.632. The van der Waals surface area contributed by atoms with Crippen LogP contribution in [0.3, 0.4) is 0 Å². The number of esters is 1. The smallest absolute Gasteiger partial charge is 0.330 e. The largest absolute Gasteiger partial charge is 0.463 e. The highest BCUT2D eigenvalue weighted by Crippen LogP contribution is 2.56. The van der Waals surface area contributed by atoms with Gasteiger partial charge in [0.15, 0.2) is 0 Å². The van der Waals surface area contributed by atoms with Gasteiger partial charge in [0.25, 0.3) is 0 Å². The molecule has 1 aliphatic carbocycles. The van der Waals surface area contributed by atoms with Gasteiger partial charge in [-0.05, 0) is 114 Å². The fourth-order valence-electron chi connectivity index (χ4n) is 7.90. The van der Waals surface area contributed by atoms with Crippen LogP contribution in [0.4, 0.5) is 0 Å². The quantitative estimate of drug-likeness (QED) is 0.0382. The number of ether oxygens (including phenoxy) is 1. The van der Waals surface area contributed by atoms with Crippen LogP contribution in [0.2, 0.25) is 0 Å². The van der Waals surface area contributed by atoms with Crippen molar-refractivity contribution in [1.29, 1.82) is 0 Å².